The maximum atomic E-state index is 11.8. The van der Waals surface area contributed by atoms with E-state index >= 15 is 0 Å². The van der Waals surface area contributed by atoms with Gasteiger partial charge in [0.15, 0.2) is 0 Å². The molecule has 0 aromatic heterocycles. The molecule has 4 nitrogen and oxygen atoms in total. The number of hydrogen-bond acceptors (Lipinski definition) is 3. The minimum atomic E-state index is -3.50. The van der Waals surface area contributed by atoms with Crippen molar-refractivity contribution in [2.45, 2.75) is 25.7 Å². The maximum Gasteiger partial charge on any atom is 0.285 e. The van der Waals surface area contributed by atoms with Crippen LogP contribution in [0.5, 0.6) is 0 Å². The van der Waals surface area contributed by atoms with Crippen LogP contribution in [0.15, 0.2) is 27.5 Å². The minimum absolute atomic E-state index is 0.309. The largest absolute Gasteiger partial charge is 0.369 e. The Hall–Kier alpha value is -1.36. The predicted molar refractivity (Wildman–Crippen MR) is 67.7 cm³/mol. The lowest BCUT2D eigenvalue weighted by Gasteiger charge is -2.08. The molecular formula is C12H16N2O2S. The van der Waals surface area contributed by atoms with Gasteiger partial charge in [-0.3, -0.25) is 0 Å². The molecule has 0 fully saturated rings. The third-order valence-electron chi connectivity index (χ3n) is 2.56. The zero-order valence-corrected chi connectivity index (χ0v) is 11.0. The molecule has 0 saturated carbocycles. The molecular weight excluding hydrogens is 236 g/mol. The summed E-state index contributed by atoms with van der Waals surface area (Å²) >= 11 is 0. The maximum absolute atomic E-state index is 11.8. The number of rotatable bonds is 2. The van der Waals surface area contributed by atoms with Crippen molar-refractivity contribution in [3.63, 3.8) is 0 Å². The standard InChI is InChI=1S/C12H16N2O2S/c1-8(2)7-13-12-10-5-4-9(3)6-11(10)17(15,16)14-12/h4-6,8H,7H2,1-3H3,(H,13,14). The van der Waals surface area contributed by atoms with E-state index in [1.807, 2.05) is 13.0 Å². The van der Waals surface area contributed by atoms with Crippen molar-refractivity contribution < 1.29 is 8.42 Å². The summed E-state index contributed by atoms with van der Waals surface area (Å²) in [5.74, 6) is 0.906. The summed E-state index contributed by atoms with van der Waals surface area (Å²) in [6, 6.07) is 5.37. The molecule has 1 aromatic carbocycles. The van der Waals surface area contributed by atoms with E-state index in [2.05, 4.69) is 23.6 Å². The van der Waals surface area contributed by atoms with Crippen molar-refractivity contribution in [2.75, 3.05) is 6.54 Å². The summed E-state index contributed by atoms with van der Waals surface area (Å²) in [7, 11) is -3.50. The monoisotopic (exact) mass is 252 g/mol. The van der Waals surface area contributed by atoms with Crippen molar-refractivity contribution in [3.8, 4) is 0 Å². The zero-order chi connectivity index (χ0) is 12.6. The van der Waals surface area contributed by atoms with Crippen LogP contribution in [0.25, 0.3) is 0 Å². The van der Waals surface area contributed by atoms with Gasteiger partial charge >= 0.3 is 0 Å². The van der Waals surface area contributed by atoms with E-state index in [-0.39, 0.29) is 0 Å². The van der Waals surface area contributed by atoms with Gasteiger partial charge in [0.05, 0.1) is 0 Å². The number of hydrogen-bond donors (Lipinski definition) is 1. The number of aryl methyl sites for hydroxylation is 1. The average molecular weight is 252 g/mol. The summed E-state index contributed by atoms with van der Waals surface area (Å²) in [4.78, 5) is 0.309. The molecule has 0 bridgehead atoms. The van der Waals surface area contributed by atoms with Gasteiger partial charge in [0, 0.05) is 12.1 Å². The molecule has 0 saturated heterocycles. The molecule has 5 heteroatoms. The highest BCUT2D eigenvalue weighted by atomic mass is 32.2. The number of nitrogens with one attached hydrogen (secondary N) is 1. The number of sulfonamides is 1. The summed E-state index contributed by atoms with van der Waals surface area (Å²) in [5, 5.41) is 3.08. The van der Waals surface area contributed by atoms with Crippen LogP contribution in [0.1, 0.15) is 25.0 Å². The van der Waals surface area contributed by atoms with E-state index < -0.39 is 10.0 Å². The molecule has 0 spiro atoms. The Kier molecular flexibility index (Phi) is 2.95. The Bertz CT molecular complexity index is 574. The first-order valence-electron chi connectivity index (χ1n) is 5.60. The fourth-order valence-corrected chi connectivity index (χ4v) is 2.96. The Balaban J connectivity index is 2.40. The highest BCUT2D eigenvalue weighted by Gasteiger charge is 2.28. The van der Waals surface area contributed by atoms with Gasteiger partial charge in [0.1, 0.15) is 10.7 Å². The normalized spacial score (nSPS) is 16.8. The molecule has 0 atom stereocenters. The van der Waals surface area contributed by atoms with Crippen LogP contribution in [0, 0.1) is 12.8 Å². The van der Waals surface area contributed by atoms with E-state index in [9.17, 15) is 8.42 Å². The average Bonchev–Trinajstić information content (AvgIpc) is 2.48. The predicted octanol–water partition coefficient (Wildman–Crippen LogP) is 1.69. The second-order valence-electron chi connectivity index (χ2n) is 4.69. The van der Waals surface area contributed by atoms with Crippen molar-refractivity contribution in [1.82, 2.24) is 5.32 Å². The van der Waals surface area contributed by atoms with E-state index in [1.165, 1.54) is 0 Å². The molecule has 1 N–H and O–H groups in total. The Morgan fingerprint density at radius 2 is 2.06 bits per heavy atom. The molecule has 1 heterocycles. The first-order chi connectivity index (χ1) is 7.90. The molecule has 1 aliphatic heterocycles. The Morgan fingerprint density at radius 1 is 1.35 bits per heavy atom. The highest BCUT2D eigenvalue weighted by molar-refractivity contribution is 7.90. The molecule has 0 aliphatic carbocycles. The van der Waals surface area contributed by atoms with Crippen molar-refractivity contribution in [1.29, 1.82) is 0 Å². The van der Waals surface area contributed by atoms with Gasteiger partial charge in [-0.05, 0) is 30.5 Å². The molecule has 0 unspecified atom stereocenters. The highest BCUT2D eigenvalue weighted by Crippen LogP contribution is 2.26. The van der Waals surface area contributed by atoms with E-state index in [0.717, 1.165) is 5.56 Å². The van der Waals surface area contributed by atoms with Crippen LogP contribution < -0.4 is 5.32 Å². The third kappa shape index (κ3) is 2.34. The fraction of sp³-hybridized carbons (Fsp3) is 0.417. The van der Waals surface area contributed by atoms with Gasteiger partial charge < -0.3 is 5.32 Å². The summed E-state index contributed by atoms with van der Waals surface area (Å²) < 4.78 is 27.4. The fourth-order valence-electron chi connectivity index (χ4n) is 1.69. The summed E-state index contributed by atoms with van der Waals surface area (Å²) in [6.07, 6.45) is 0. The van der Waals surface area contributed by atoms with Gasteiger partial charge in [0.25, 0.3) is 10.0 Å². The number of nitrogens with zero attached hydrogens (tertiary/aromatic N) is 1. The Morgan fingerprint density at radius 3 is 2.71 bits per heavy atom. The molecule has 1 aliphatic rings. The van der Waals surface area contributed by atoms with Gasteiger partial charge in [-0.1, -0.05) is 19.9 Å². The molecule has 2 rings (SSSR count). The van der Waals surface area contributed by atoms with Gasteiger partial charge in [0.2, 0.25) is 0 Å². The van der Waals surface area contributed by atoms with Gasteiger partial charge in [-0.2, -0.15) is 8.42 Å². The topological polar surface area (TPSA) is 58.5 Å². The van der Waals surface area contributed by atoms with Crippen molar-refractivity contribution in [2.24, 2.45) is 10.3 Å². The summed E-state index contributed by atoms with van der Waals surface area (Å²) in [6.45, 7) is 6.71. The number of fused-ring (bicyclic) bond motifs is 1. The lowest BCUT2D eigenvalue weighted by Crippen LogP contribution is -2.27. The number of benzene rings is 1. The van der Waals surface area contributed by atoms with E-state index in [4.69, 9.17) is 0 Å². The quantitative estimate of drug-likeness (QED) is 0.871. The van der Waals surface area contributed by atoms with Gasteiger partial charge in [-0.25, -0.2) is 0 Å². The first kappa shape index (κ1) is 12.1. The second kappa shape index (κ2) is 4.14. The van der Waals surface area contributed by atoms with Crippen molar-refractivity contribution >= 4 is 15.9 Å². The third-order valence-corrected chi connectivity index (χ3v) is 3.88. The second-order valence-corrected chi connectivity index (χ2v) is 6.26. The number of amidine groups is 1. The van der Waals surface area contributed by atoms with E-state index in [1.54, 1.807) is 12.1 Å². The smallest absolute Gasteiger partial charge is 0.285 e. The minimum Gasteiger partial charge on any atom is -0.369 e. The molecule has 0 amide bonds. The molecule has 92 valence electrons. The first-order valence-corrected chi connectivity index (χ1v) is 7.04. The van der Waals surface area contributed by atoms with Crippen LogP contribution in [-0.2, 0) is 10.0 Å². The molecule has 17 heavy (non-hydrogen) atoms. The lowest BCUT2D eigenvalue weighted by atomic mass is 10.1. The SMILES string of the molecule is Cc1ccc2c(c1)S(=O)(=O)N=C2NCC(C)C. The van der Waals surface area contributed by atoms with Crippen LogP contribution in [0.3, 0.4) is 0 Å². The molecule has 1 aromatic rings. The van der Waals surface area contributed by atoms with Crippen LogP contribution in [-0.4, -0.2) is 20.8 Å². The lowest BCUT2D eigenvalue weighted by molar-refractivity contribution is 0.599. The van der Waals surface area contributed by atoms with Gasteiger partial charge in [-0.15, -0.1) is 4.40 Å². The van der Waals surface area contributed by atoms with Crippen LogP contribution in [0.4, 0.5) is 0 Å². The Labute approximate surface area is 102 Å². The van der Waals surface area contributed by atoms with Crippen molar-refractivity contribution in [3.05, 3.63) is 29.3 Å². The van der Waals surface area contributed by atoms with Crippen LogP contribution >= 0.6 is 0 Å². The van der Waals surface area contributed by atoms with E-state index in [0.29, 0.717) is 28.8 Å². The van der Waals surface area contributed by atoms with Crippen LogP contribution in [0.2, 0.25) is 0 Å². The molecule has 0 radical (unpaired) electrons. The zero-order valence-electron chi connectivity index (χ0n) is 10.2. The summed E-state index contributed by atoms with van der Waals surface area (Å²) in [5.41, 5.74) is 1.60.